The first-order chi connectivity index (χ1) is 20.8. The first-order valence-corrected chi connectivity index (χ1v) is 13.8. The molecule has 2 aliphatic rings. The maximum atomic E-state index is 13.8. The summed E-state index contributed by atoms with van der Waals surface area (Å²) in [4.78, 5) is 46.4. The molecule has 0 spiro atoms. The van der Waals surface area contributed by atoms with Crippen LogP contribution in [0, 0.1) is 17.2 Å². The van der Waals surface area contributed by atoms with Crippen molar-refractivity contribution in [3.63, 3.8) is 0 Å². The van der Waals surface area contributed by atoms with E-state index in [4.69, 9.17) is 19.9 Å². The van der Waals surface area contributed by atoms with Crippen molar-refractivity contribution in [1.82, 2.24) is 24.9 Å². The van der Waals surface area contributed by atoms with Crippen LogP contribution in [0.25, 0.3) is 22.6 Å². The SMILES string of the molecule is CC1(C(=O)OCC2CC2)COC(C(N)=O)(c2nc(-c3ccc(F)cc3)c(-c3ccnc(NCc4ccncc4)n3)[nH]2)OC1. The van der Waals surface area contributed by atoms with Crippen LogP contribution >= 0.6 is 0 Å². The number of carbonyl (C=O) groups is 2. The molecule has 12 nitrogen and oxygen atoms in total. The fourth-order valence-electron chi connectivity index (χ4n) is 4.57. The van der Waals surface area contributed by atoms with E-state index in [1.54, 1.807) is 43.7 Å². The molecule has 0 radical (unpaired) electrons. The third-order valence-corrected chi connectivity index (χ3v) is 7.40. The summed E-state index contributed by atoms with van der Waals surface area (Å²) in [5.41, 5.74) is 7.36. The lowest BCUT2D eigenvalue weighted by atomic mass is 9.91. The van der Waals surface area contributed by atoms with Gasteiger partial charge in [-0.05, 0) is 73.7 Å². The number of ether oxygens (including phenoxy) is 3. The van der Waals surface area contributed by atoms with Gasteiger partial charge < -0.3 is 30.2 Å². The highest BCUT2D eigenvalue weighted by Gasteiger charge is 2.54. The zero-order valence-corrected chi connectivity index (χ0v) is 23.4. The first-order valence-electron chi connectivity index (χ1n) is 13.8. The van der Waals surface area contributed by atoms with Gasteiger partial charge in [-0.1, -0.05) is 0 Å². The molecule has 4 aromatic rings. The number of imidazole rings is 1. The summed E-state index contributed by atoms with van der Waals surface area (Å²) >= 11 is 0. The Kier molecular flexibility index (Phi) is 7.59. The molecule has 3 aromatic heterocycles. The van der Waals surface area contributed by atoms with E-state index >= 15 is 0 Å². The number of benzene rings is 1. The number of nitrogens with one attached hydrogen (secondary N) is 2. The molecule has 6 rings (SSSR count). The predicted octanol–water partition coefficient (Wildman–Crippen LogP) is 3.32. The van der Waals surface area contributed by atoms with E-state index in [2.05, 4.69) is 30.2 Å². The van der Waals surface area contributed by atoms with Crippen LogP contribution < -0.4 is 11.1 Å². The molecule has 4 N–H and O–H groups in total. The molecule has 13 heteroatoms. The van der Waals surface area contributed by atoms with Crippen LogP contribution in [0.5, 0.6) is 0 Å². The second-order valence-corrected chi connectivity index (χ2v) is 11.0. The molecule has 1 aliphatic heterocycles. The standard InChI is InChI=1S/C30H30FN7O5/c1-29(27(40)41-15-19-2-3-19)16-42-30(25(32)39,43-17-29)26-37-23(20-4-6-21(31)7-5-20)24(38-26)22-10-13-34-28(36-22)35-14-18-8-11-33-12-9-18/h4-13,19H,2-3,14-17H2,1H3,(H2,32,39)(H,37,38)(H,34,35,36). The third kappa shape index (κ3) is 5.94. The summed E-state index contributed by atoms with van der Waals surface area (Å²) < 4.78 is 31.1. The van der Waals surface area contributed by atoms with E-state index in [0.717, 1.165) is 18.4 Å². The third-order valence-electron chi connectivity index (χ3n) is 7.40. The maximum Gasteiger partial charge on any atom is 0.316 e. The molecule has 0 atom stereocenters. The van der Waals surface area contributed by atoms with E-state index in [0.29, 0.717) is 47.7 Å². The summed E-state index contributed by atoms with van der Waals surface area (Å²) in [5, 5.41) is 3.17. The number of esters is 1. The van der Waals surface area contributed by atoms with E-state index in [9.17, 15) is 14.0 Å². The van der Waals surface area contributed by atoms with Crippen LogP contribution in [-0.2, 0) is 36.1 Å². The molecule has 43 heavy (non-hydrogen) atoms. The van der Waals surface area contributed by atoms with Crippen molar-refractivity contribution in [3.8, 4) is 22.6 Å². The van der Waals surface area contributed by atoms with Gasteiger partial charge in [0.25, 0.3) is 5.91 Å². The number of aromatic amines is 1. The van der Waals surface area contributed by atoms with Gasteiger partial charge >= 0.3 is 11.8 Å². The summed E-state index contributed by atoms with van der Waals surface area (Å²) in [6.45, 7) is 2.05. The van der Waals surface area contributed by atoms with Crippen molar-refractivity contribution in [2.45, 2.75) is 32.1 Å². The van der Waals surface area contributed by atoms with Gasteiger partial charge in [-0.15, -0.1) is 0 Å². The largest absolute Gasteiger partial charge is 0.465 e. The van der Waals surface area contributed by atoms with E-state index < -0.39 is 28.9 Å². The molecule has 4 heterocycles. The number of carbonyl (C=O) groups excluding carboxylic acids is 2. The van der Waals surface area contributed by atoms with Gasteiger partial charge in [0.1, 0.15) is 11.2 Å². The zero-order valence-electron chi connectivity index (χ0n) is 23.4. The monoisotopic (exact) mass is 587 g/mol. The minimum Gasteiger partial charge on any atom is -0.465 e. The summed E-state index contributed by atoms with van der Waals surface area (Å²) in [7, 11) is 0. The van der Waals surface area contributed by atoms with E-state index in [1.165, 1.54) is 12.1 Å². The Morgan fingerprint density at radius 1 is 1.07 bits per heavy atom. The first kappa shape index (κ1) is 28.4. The van der Waals surface area contributed by atoms with Crippen LogP contribution in [0.2, 0.25) is 0 Å². The van der Waals surface area contributed by atoms with E-state index in [-0.39, 0.29) is 19.0 Å². The fraction of sp³-hybridized carbons (Fsp3) is 0.333. The number of hydrogen-bond donors (Lipinski definition) is 3. The number of anilines is 1. The lowest BCUT2D eigenvalue weighted by Crippen LogP contribution is -2.56. The molecular formula is C30H30FN7O5. The van der Waals surface area contributed by atoms with Crippen LogP contribution in [0.15, 0.2) is 61.1 Å². The summed E-state index contributed by atoms with van der Waals surface area (Å²) in [6, 6.07) is 11.1. The van der Waals surface area contributed by atoms with Crippen LogP contribution in [-0.4, -0.2) is 56.6 Å². The lowest BCUT2D eigenvalue weighted by Gasteiger charge is -2.40. The Labute approximate surface area is 246 Å². The Morgan fingerprint density at radius 3 is 2.47 bits per heavy atom. The minimum absolute atomic E-state index is 0.0485. The molecular weight excluding hydrogens is 557 g/mol. The fourth-order valence-corrected chi connectivity index (χ4v) is 4.57. The maximum absolute atomic E-state index is 13.8. The molecule has 1 aromatic carbocycles. The Balaban J connectivity index is 1.32. The van der Waals surface area contributed by atoms with Gasteiger partial charge in [0, 0.05) is 30.7 Å². The van der Waals surface area contributed by atoms with Crippen LogP contribution in [0.4, 0.5) is 10.3 Å². The summed E-state index contributed by atoms with van der Waals surface area (Å²) in [6.07, 6.45) is 7.03. The molecule has 0 bridgehead atoms. The van der Waals surface area contributed by atoms with E-state index in [1.807, 2.05) is 12.1 Å². The van der Waals surface area contributed by atoms with Gasteiger partial charge in [-0.2, -0.15) is 0 Å². The highest BCUT2D eigenvalue weighted by Crippen LogP contribution is 2.40. The number of nitrogens with zero attached hydrogens (tertiary/aromatic N) is 4. The van der Waals surface area contributed by atoms with Crippen molar-refractivity contribution in [1.29, 1.82) is 0 Å². The normalized spacial score (nSPS) is 21.7. The Bertz CT molecular complexity index is 1620. The van der Waals surface area contributed by atoms with Crippen molar-refractivity contribution in [3.05, 3.63) is 78.3 Å². The van der Waals surface area contributed by atoms with Crippen LogP contribution in [0.3, 0.4) is 0 Å². The van der Waals surface area contributed by atoms with Gasteiger partial charge in [-0.25, -0.2) is 19.3 Å². The second kappa shape index (κ2) is 11.5. The van der Waals surface area contributed by atoms with Crippen LogP contribution in [0.1, 0.15) is 31.2 Å². The number of nitrogens with two attached hydrogens (primary N) is 1. The van der Waals surface area contributed by atoms with Gasteiger partial charge in [0.15, 0.2) is 5.82 Å². The highest BCUT2D eigenvalue weighted by molar-refractivity contribution is 5.85. The van der Waals surface area contributed by atoms with Crippen molar-refractivity contribution < 1.29 is 28.2 Å². The molecule has 1 saturated heterocycles. The summed E-state index contributed by atoms with van der Waals surface area (Å²) in [5.74, 6) is -3.31. The highest BCUT2D eigenvalue weighted by atomic mass is 19.1. The minimum atomic E-state index is -2.13. The average Bonchev–Trinajstić information content (AvgIpc) is 3.75. The number of aromatic nitrogens is 5. The van der Waals surface area contributed by atoms with Gasteiger partial charge in [0.05, 0.1) is 36.9 Å². The van der Waals surface area contributed by atoms with Crippen molar-refractivity contribution >= 4 is 17.8 Å². The zero-order chi connectivity index (χ0) is 30.0. The number of pyridine rings is 1. The number of halogens is 1. The Hall–Kier alpha value is -4.75. The molecule has 0 unspecified atom stereocenters. The topological polar surface area (TPSA) is 167 Å². The quantitative estimate of drug-likeness (QED) is 0.234. The van der Waals surface area contributed by atoms with Crippen molar-refractivity contribution in [2.75, 3.05) is 25.1 Å². The molecule has 1 saturated carbocycles. The predicted molar refractivity (Wildman–Crippen MR) is 151 cm³/mol. The molecule has 1 amide bonds. The number of hydrogen-bond acceptors (Lipinski definition) is 10. The number of amides is 1. The Morgan fingerprint density at radius 2 is 1.79 bits per heavy atom. The van der Waals surface area contributed by atoms with Crippen molar-refractivity contribution in [2.24, 2.45) is 17.1 Å². The number of H-pyrrole nitrogens is 1. The molecule has 222 valence electrons. The molecule has 2 fully saturated rings. The lowest BCUT2D eigenvalue weighted by molar-refractivity contribution is -0.293. The smallest absolute Gasteiger partial charge is 0.316 e. The number of primary amides is 1. The van der Waals surface area contributed by atoms with Gasteiger partial charge in [0.2, 0.25) is 5.95 Å². The number of rotatable bonds is 10. The molecule has 1 aliphatic carbocycles. The van der Waals surface area contributed by atoms with Gasteiger partial charge in [-0.3, -0.25) is 14.6 Å². The second-order valence-electron chi connectivity index (χ2n) is 11.0. The average molecular weight is 588 g/mol.